The predicted molar refractivity (Wildman–Crippen MR) is 220 cm³/mol. The summed E-state index contributed by atoms with van der Waals surface area (Å²) in [7, 11) is 1.71. The van der Waals surface area contributed by atoms with Gasteiger partial charge in [-0.25, -0.2) is 8.78 Å². The largest absolute Gasteiger partial charge is 0.393 e. The van der Waals surface area contributed by atoms with Gasteiger partial charge in [-0.15, -0.1) is 0 Å². The van der Waals surface area contributed by atoms with Crippen LogP contribution in [0.3, 0.4) is 0 Å². The molecule has 1 aliphatic heterocycles. The fourth-order valence-corrected chi connectivity index (χ4v) is 9.20. The number of nitrogens with zero attached hydrogens (tertiary/aromatic N) is 1. The number of H-pyrrole nitrogens is 2. The molecule has 4 aromatic rings. The Kier molecular flexibility index (Phi) is 13.5. The van der Waals surface area contributed by atoms with E-state index < -0.39 is 47.8 Å². The maximum Gasteiger partial charge on any atom is 0.245 e. The first kappa shape index (κ1) is 43.1. The molecular weight excluding hydrogens is 745 g/mol. The second-order valence-electron chi connectivity index (χ2n) is 16.7. The number of Topliss-reactive ketones (excluding diaryl/α,β-unsaturated/α-hetero) is 2. The minimum atomic E-state index is -0.790. The summed E-state index contributed by atoms with van der Waals surface area (Å²) in [5.41, 5.74) is 3.83. The molecule has 6 N–H and O–H groups in total. The number of halogens is 2. The van der Waals surface area contributed by atoms with Gasteiger partial charge in [0.2, 0.25) is 11.8 Å². The van der Waals surface area contributed by atoms with Crippen molar-refractivity contribution in [3.8, 4) is 11.4 Å². The lowest BCUT2D eigenvalue weighted by Gasteiger charge is -2.29. The van der Waals surface area contributed by atoms with Gasteiger partial charge in [0.15, 0.2) is 0 Å². The van der Waals surface area contributed by atoms with Crippen LogP contribution in [0.1, 0.15) is 90.7 Å². The van der Waals surface area contributed by atoms with Gasteiger partial charge in [0.25, 0.3) is 0 Å². The minimum Gasteiger partial charge on any atom is -0.393 e. The van der Waals surface area contributed by atoms with Gasteiger partial charge in [0, 0.05) is 58.6 Å². The summed E-state index contributed by atoms with van der Waals surface area (Å²) in [6.45, 7) is 9.33. The van der Waals surface area contributed by atoms with Gasteiger partial charge in [0.05, 0.1) is 29.6 Å². The number of carbonyl (C=O) groups excluding carboxylic acids is 4. The van der Waals surface area contributed by atoms with E-state index in [1.54, 1.807) is 31.0 Å². The lowest BCUT2D eigenvalue weighted by atomic mass is 9.79. The molecule has 1 saturated heterocycles. The molecule has 3 heterocycles. The summed E-state index contributed by atoms with van der Waals surface area (Å²) in [5, 5.41) is 29.3. The first-order chi connectivity index (χ1) is 27.7. The van der Waals surface area contributed by atoms with E-state index in [0.717, 1.165) is 16.5 Å². The molecule has 0 bridgehead atoms. The topological polar surface area (TPSA) is 168 Å². The summed E-state index contributed by atoms with van der Waals surface area (Å²) < 4.78 is 29.6. The lowest BCUT2D eigenvalue weighted by molar-refractivity contribution is -0.138. The van der Waals surface area contributed by atoms with Gasteiger partial charge in [-0.2, -0.15) is 0 Å². The molecule has 2 aromatic heterocycles. The van der Waals surface area contributed by atoms with Crippen LogP contribution >= 0.6 is 0 Å². The Morgan fingerprint density at radius 1 is 0.828 bits per heavy atom. The highest BCUT2D eigenvalue weighted by Crippen LogP contribution is 2.43. The number of ketones is 2. The molecule has 1 saturated carbocycles. The Balaban J connectivity index is 1.40. The second-order valence-corrected chi connectivity index (χ2v) is 16.7. The number of β-amino-alcohol motifs (C(OH)–C–C–N with tert-alkyl or cyclic N) is 1. The number of likely N-dealkylation sites (tertiary alicyclic amines) is 1. The Morgan fingerprint density at radius 3 is 1.98 bits per heavy atom. The number of likely N-dealkylation sites (N-methyl/N-ethyl adjacent to an activating group) is 1. The van der Waals surface area contributed by atoms with E-state index in [2.05, 4.69) is 20.6 Å². The molecule has 1 aliphatic carbocycles. The zero-order valence-corrected chi connectivity index (χ0v) is 34.5. The van der Waals surface area contributed by atoms with Gasteiger partial charge in [-0.05, 0) is 119 Å². The van der Waals surface area contributed by atoms with E-state index in [-0.39, 0.29) is 73.5 Å². The summed E-state index contributed by atoms with van der Waals surface area (Å²) in [6.07, 6.45) is 1.68. The van der Waals surface area contributed by atoms with Crippen molar-refractivity contribution in [1.29, 1.82) is 0 Å². The lowest BCUT2D eigenvalue weighted by Crippen LogP contribution is -2.51. The fourth-order valence-electron chi connectivity index (χ4n) is 9.20. The van der Waals surface area contributed by atoms with Gasteiger partial charge in [-0.1, -0.05) is 27.7 Å². The molecule has 2 aliphatic rings. The summed E-state index contributed by atoms with van der Waals surface area (Å²) in [6, 6.07) is 7.33. The smallest absolute Gasteiger partial charge is 0.245 e. The van der Waals surface area contributed by atoms with Crippen molar-refractivity contribution in [2.75, 3.05) is 13.6 Å². The number of aliphatic hydroxyl groups is 2. The second kappa shape index (κ2) is 18.2. The number of aliphatic hydroxyl groups excluding tert-OH is 2. The Morgan fingerprint density at radius 2 is 1.43 bits per heavy atom. The van der Waals surface area contributed by atoms with Crippen LogP contribution in [0.4, 0.5) is 8.78 Å². The number of amides is 2. The van der Waals surface area contributed by atoms with Crippen molar-refractivity contribution in [3.63, 3.8) is 0 Å². The molecule has 9 atom stereocenters. The molecule has 0 radical (unpaired) electrons. The molecule has 2 amide bonds. The van der Waals surface area contributed by atoms with Gasteiger partial charge < -0.3 is 35.7 Å². The van der Waals surface area contributed by atoms with Crippen LogP contribution in [0, 0.1) is 35.3 Å². The Bertz CT molecular complexity index is 2000. The van der Waals surface area contributed by atoms with Crippen LogP contribution in [0.2, 0.25) is 0 Å². The number of aromatic nitrogens is 2. The van der Waals surface area contributed by atoms with Crippen LogP contribution in [0.25, 0.3) is 33.2 Å². The monoisotopic (exact) mass is 803 g/mol. The van der Waals surface area contributed by atoms with E-state index in [0.29, 0.717) is 59.9 Å². The van der Waals surface area contributed by atoms with E-state index in [1.807, 2.05) is 27.7 Å². The van der Waals surface area contributed by atoms with E-state index in [1.165, 1.54) is 24.3 Å². The van der Waals surface area contributed by atoms with Crippen LogP contribution in [-0.2, 0) is 32.0 Å². The van der Waals surface area contributed by atoms with Crippen LogP contribution in [0.15, 0.2) is 36.4 Å². The third kappa shape index (κ3) is 8.91. The zero-order chi connectivity index (χ0) is 42.0. The van der Waals surface area contributed by atoms with Crippen molar-refractivity contribution < 1.29 is 38.2 Å². The first-order valence-corrected chi connectivity index (χ1v) is 21.0. The SMILES string of the molecule is CC[C@H](CC(=O)[C@H](C)NC)C(=O)C1C[C@@H](O)CC1Cc1c(-c2[nH]c3cc(F)ccc3c2C[C@@H]2C[C@H](O)CN2C(=O)[C@H](CC)NC(=O)[C@H](C)CC)[nH]c2cc(F)ccc12. The maximum absolute atomic E-state index is 14.8. The van der Waals surface area contributed by atoms with Crippen LogP contribution in [0.5, 0.6) is 0 Å². The first-order valence-electron chi connectivity index (χ1n) is 21.0. The molecule has 2 aromatic carbocycles. The third-order valence-corrected chi connectivity index (χ3v) is 12.9. The molecule has 314 valence electrons. The molecule has 11 nitrogen and oxygen atoms in total. The third-order valence-electron chi connectivity index (χ3n) is 12.9. The maximum atomic E-state index is 14.8. The molecular formula is C45H59F2N5O6. The van der Waals surface area contributed by atoms with Gasteiger partial charge in [-0.3, -0.25) is 19.2 Å². The average Bonchev–Trinajstić information content (AvgIpc) is 3.96. The molecule has 58 heavy (non-hydrogen) atoms. The number of hydrogen-bond acceptors (Lipinski definition) is 7. The zero-order valence-electron chi connectivity index (χ0n) is 34.5. The van der Waals surface area contributed by atoms with Gasteiger partial charge >= 0.3 is 0 Å². The van der Waals surface area contributed by atoms with Crippen LogP contribution < -0.4 is 10.6 Å². The normalized spacial score (nSPS) is 23.0. The van der Waals surface area contributed by atoms with Crippen molar-refractivity contribution in [2.45, 2.75) is 123 Å². The minimum absolute atomic E-state index is 0.0369. The number of nitrogens with one attached hydrogen (secondary N) is 4. The predicted octanol–water partition coefficient (Wildman–Crippen LogP) is 6.13. The number of rotatable bonds is 17. The summed E-state index contributed by atoms with van der Waals surface area (Å²) in [5.74, 6) is -2.99. The van der Waals surface area contributed by atoms with Crippen LogP contribution in [-0.4, -0.2) is 92.4 Å². The van der Waals surface area contributed by atoms with Crippen molar-refractivity contribution in [2.24, 2.45) is 23.7 Å². The van der Waals surface area contributed by atoms with E-state index in [4.69, 9.17) is 0 Å². The highest BCUT2D eigenvalue weighted by molar-refractivity contribution is 5.97. The number of fused-ring (bicyclic) bond motifs is 2. The highest BCUT2D eigenvalue weighted by Gasteiger charge is 2.42. The number of hydrogen-bond donors (Lipinski definition) is 6. The quantitative estimate of drug-likeness (QED) is 0.0747. The van der Waals surface area contributed by atoms with E-state index in [9.17, 15) is 38.2 Å². The van der Waals surface area contributed by atoms with E-state index >= 15 is 0 Å². The Labute approximate surface area is 338 Å². The van der Waals surface area contributed by atoms with Gasteiger partial charge in [0.1, 0.15) is 29.2 Å². The average molecular weight is 804 g/mol. The summed E-state index contributed by atoms with van der Waals surface area (Å²) in [4.78, 5) is 62.6. The molecule has 2 fully saturated rings. The highest BCUT2D eigenvalue weighted by atomic mass is 19.1. The number of benzene rings is 2. The summed E-state index contributed by atoms with van der Waals surface area (Å²) >= 11 is 0. The van der Waals surface area contributed by atoms with Crippen molar-refractivity contribution >= 4 is 45.2 Å². The fraction of sp³-hybridized carbons (Fsp3) is 0.556. The Hall–Kier alpha value is -4.46. The van der Waals surface area contributed by atoms with Crippen molar-refractivity contribution in [1.82, 2.24) is 25.5 Å². The molecule has 0 spiro atoms. The molecule has 13 heteroatoms. The standard InChI is InChI=1S/C45H59F2N5O6/c1-7-23(4)44(57)51-37(9-3)45(58)52-22-31(54)19-29(52)20-36-33-13-11-28(47)18-39(33)50-42(36)41-35(32-12-10-27(46)17-38(32)49-41)15-26-14-30(53)21-34(26)43(56)25(8-2)16-40(55)24(5)48-6/h10-13,17-18,23-26,29-31,34,37,48-50,53-54H,7-9,14-16,19-22H2,1-6H3,(H,51,57)/t23-,24+,25-,26?,29+,30+,31+,34?,37+/m1/s1. The number of carbonyl (C=O) groups is 4. The number of aromatic amines is 2. The van der Waals surface area contributed by atoms with Crippen molar-refractivity contribution in [3.05, 3.63) is 59.2 Å². The molecule has 6 rings (SSSR count). The molecule has 2 unspecified atom stereocenters.